The average Bonchev–Trinajstić information content (AvgIpc) is 2.33. The van der Waals surface area contributed by atoms with Gasteiger partial charge in [-0.3, -0.25) is 0 Å². The fourth-order valence-corrected chi connectivity index (χ4v) is 2.20. The van der Waals surface area contributed by atoms with Crippen LogP contribution in [0.1, 0.15) is 24.8 Å². The van der Waals surface area contributed by atoms with Crippen molar-refractivity contribution in [3.8, 4) is 0 Å². The van der Waals surface area contributed by atoms with Gasteiger partial charge in [0.05, 0.1) is 0 Å². The van der Waals surface area contributed by atoms with Crippen LogP contribution in [0.4, 0.5) is 8.78 Å². The molecular formula is C13H17F2N. The van der Waals surface area contributed by atoms with Crippen LogP contribution in [0.3, 0.4) is 0 Å². The second-order valence-electron chi connectivity index (χ2n) is 4.37. The monoisotopic (exact) mass is 225 g/mol. The smallest absolute Gasteiger partial charge is 0.126 e. The van der Waals surface area contributed by atoms with Crippen molar-refractivity contribution in [1.29, 1.82) is 0 Å². The van der Waals surface area contributed by atoms with E-state index in [9.17, 15) is 8.78 Å². The highest BCUT2D eigenvalue weighted by molar-refractivity contribution is 5.18. The van der Waals surface area contributed by atoms with Crippen molar-refractivity contribution in [1.82, 2.24) is 5.32 Å². The predicted molar refractivity (Wildman–Crippen MR) is 60.6 cm³/mol. The van der Waals surface area contributed by atoms with E-state index in [1.807, 2.05) is 0 Å². The Bertz CT molecular complexity index is 334. The van der Waals surface area contributed by atoms with E-state index >= 15 is 0 Å². The fraction of sp³-hybridized carbons (Fsp3) is 0.538. The molecule has 1 saturated heterocycles. The van der Waals surface area contributed by atoms with Crippen molar-refractivity contribution in [2.75, 3.05) is 6.54 Å². The van der Waals surface area contributed by atoms with Crippen molar-refractivity contribution < 1.29 is 8.78 Å². The van der Waals surface area contributed by atoms with Gasteiger partial charge in [-0.2, -0.15) is 0 Å². The van der Waals surface area contributed by atoms with Gasteiger partial charge in [-0.25, -0.2) is 8.78 Å². The zero-order chi connectivity index (χ0) is 11.4. The fourth-order valence-electron chi connectivity index (χ4n) is 2.20. The molecule has 2 atom stereocenters. The summed E-state index contributed by atoms with van der Waals surface area (Å²) in [4.78, 5) is 0. The van der Waals surface area contributed by atoms with Crippen molar-refractivity contribution >= 4 is 0 Å². The topological polar surface area (TPSA) is 12.0 Å². The molecule has 2 unspecified atom stereocenters. The Balaban J connectivity index is 1.96. The average molecular weight is 225 g/mol. The molecule has 1 aromatic carbocycles. The number of benzene rings is 1. The van der Waals surface area contributed by atoms with Gasteiger partial charge in [-0.05, 0) is 31.0 Å². The van der Waals surface area contributed by atoms with Gasteiger partial charge in [-0.1, -0.05) is 24.6 Å². The minimum atomic E-state index is -0.989. The molecule has 1 aromatic rings. The Kier molecular flexibility index (Phi) is 3.88. The van der Waals surface area contributed by atoms with Crippen LogP contribution in [0.5, 0.6) is 0 Å². The standard InChI is InChI=1S/C13H17F2N/c14-11-6-2-1-5-10(11)9-12(15)13-7-3-4-8-16-13/h1-2,5-6,12-13,16H,3-4,7-9H2. The maximum Gasteiger partial charge on any atom is 0.126 e. The Morgan fingerprint density at radius 3 is 2.81 bits per heavy atom. The molecule has 2 rings (SSSR count). The molecule has 0 aliphatic carbocycles. The van der Waals surface area contributed by atoms with Gasteiger partial charge in [0, 0.05) is 12.5 Å². The van der Waals surface area contributed by atoms with E-state index in [1.165, 1.54) is 6.07 Å². The van der Waals surface area contributed by atoms with E-state index in [1.54, 1.807) is 18.2 Å². The highest BCUT2D eigenvalue weighted by Crippen LogP contribution is 2.18. The highest BCUT2D eigenvalue weighted by Gasteiger charge is 2.23. The van der Waals surface area contributed by atoms with Crippen LogP contribution in [0, 0.1) is 5.82 Å². The van der Waals surface area contributed by atoms with Crippen LogP contribution in [-0.2, 0) is 6.42 Å². The molecule has 1 N–H and O–H groups in total. The number of rotatable bonds is 3. The van der Waals surface area contributed by atoms with E-state index in [0.29, 0.717) is 5.56 Å². The first-order chi connectivity index (χ1) is 7.77. The first-order valence-electron chi connectivity index (χ1n) is 5.88. The molecule has 0 radical (unpaired) electrons. The lowest BCUT2D eigenvalue weighted by atomic mass is 9.96. The molecule has 88 valence electrons. The molecule has 1 fully saturated rings. The molecule has 0 bridgehead atoms. The third-order valence-electron chi connectivity index (χ3n) is 3.16. The minimum absolute atomic E-state index is 0.103. The van der Waals surface area contributed by atoms with Crippen LogP contribution >= 0.6 is 0 Å². The SMILES string of the molecule is Fc1ccccc1CC(F)C1CCCCN1. The lowest BCUT2D eigenvalue weighted by molar-refractivity contribution is 0.215. The van der Waals surface area contributed by atoms with E-state index in [0.717, 1.165) is 25.8 Å². The maximum absolute atomic E-state index is 13.9. The van der Waals surface area contributed by atoms with Crippen molar-refractivity contribution in [2.45, 2.75) is 37.9 Å². The molecular weight excluding hydrogens is 208 g/mol. The summed E-state index contributed by atoms with van der Waals surface area (Å²) in [5.74, 6) is -0.305. The quantitative estimate of drug-likeness (QED) is 0.834. The first kappa shape index (κ1) is 11.5. The first-order valence-corrected chi connectivity index (χ1v) is 5.88. The summed E-state index contributed by atoms with van der Waals surface area (Å²) < 4.78 is 27.3. The Hall–Kier alpha value is -0.960. The summed E-state index contributed by atoms with van der Waals surface area (Å²) in [6.07, 6.45) is 2.22. The number of halogens is 2. The van der Waals surface area contributed by atoms with E-state index in [2.05, 4.69) is 5.32 Å². The number of hydrogen-bond acceptors (Lipinski definition) is 1. The van der Waals surface area contributed by atoms with E-state index in [-0.39, 0.29) is 18.3 Å². The molecule has 1 aliphatic heterocycles. The van der Waals surface area contributed by atoms with Crippen LogP contribution < -0.4 is 5.32 Å². The number of alkyl halides is 1. The number of piperidine rings is 1. The summed E-state index contributed by atoms with van der Waals surface area (Å²) in [6, 6.07) is 6.32. The van der Waals surface area contributed by atoms with Crippen molar-refractivity contribution in [2.24, 2.45) is 0 Å². The second-order valence-corrected chi connectivity index (χ2v) is 4.37. The lowest BCUT2D eigenvalue weighted by Gasteiger charge is -2.26. The number of hydrogen-bond donors (Lipinski definition) is 1. The number of nitrogens with one attached hydrogen (secondary N) is 1. The molecule has 16 heavy (non-hydrogen) atoms. The third kappa shape index (κ3) is 2.79. The molecule has 0 amide bonds. The zero-order valence-electron chi connectivity index (χ0n) is 9.26. The largest absolute Gasteiger partial charge is 0.311 e. The predicted octanol–water partition coefficient (Wildman–Crippen LogP) is 2.85. The third-order valence-corrected chi connectivity index (χ3v) is 3.16. The van der Waals surface area contributed by atoms with Crippen molar-refractivity contribution in [3.63, 3.8) is 0 Å². The zero-order valence-corrected chi connectivity index (χ0v) is 9.26. The van der Waals surface area contributed by atoms with Gasteiger partial charge >= 0.3 is 0 Å². The summed E-state index contributed by atoms with van der Waals surface area (Å²) in [6.45, 7) is 0.877. The summed E-state index contributed by atoms with van der Waals surface area (Å²) in [5.41, 5.74) is 0.474. The normalized spacial score (nSPS) is 23.0. The summed E-state index contributed by atoms with van der Waals surface area (Å²) >= 11 is 0. The Morgan fingerprint density at radius 2 is 2.12 bits per heavy atom. The molecule has 3 heteroatoms. The van der Waals surface area contributed by atoms with Gasteiger partial charge in [0.2, 0.25) is 0 Å². The molecule has 0 spiro atoms. The lowest BCUT2D eigenvalue weighted by Crippen LogP contribution is -2.42. The van der Waals surface area contributed by atoms with E-state index < -0.39 is 6.17 Å². The summed E-state index contributed by atoms with van der Waals surface area (Å²) in [7, 11) is 0. The van der Waals surface area contributed by atoms with Crippen LogP contribution in [0.15, 0.2) is 24.3 Å². The highest BCUT2D eigenvalue weighted by atomic mass is 19.1. The molecule has 0 saturated carbocycles. The Morgan fingerprint density at radius 1 is 1.31 bits per heavy atom. The van der Waals surface area contributed by atoms with Crippen LogP contribution in [0.2, 0.25) is 0 Å². The van der Waals surface area contributed by atoms with Crippen LogP contribution in [0.25, 0.3) is 0 Å². The molecule has 0 aromatic heterocycles. The van der Waals surface area contributed by atoms with Gasteiger partial charge in [-0.15, -0.1) is 0 Å². The molecule has 1 nitrogen and oxygen atoms in total. The van der Waals surface area contributed by atoms with Crippen molar-refractivity contribution in [3.05, 3.63) is 35.6 Å². The Labute approximate surface area is 94.9 Å². The van der Waals surface area contributed by atoms with Gasteiger partial charge < -0.3 is 5.32 Å². The van der Waals surface area contributed by atoms with Crippen LogP contribution in [-0.4, -0.2) is 18.8 Å². The maximum atomic E-state index is 13.9. The second kappa shape index (κ2) is 5.39. The molecule has 1 heterocycles. The van der Waals surface area contributed by atoms with Gasteiger partial charge in [0.1, 0.15) is 12.0 Å². The summed E-state index contributed by atoms with van der Waals surface area (Å²) in [5, 5.41) is 3.16. The van der Waals surface area contributed by atoms with Gasteiger partial charge in [0.15, 0.2) is 0 Å². The molecule has 1 aliphatic rings. The minimum Gasteiger partial charge on any atom is -0.311 e. The van der Waals surface area contributed by atoms with E-state index in [4.69, 9.17) is 0 Å². The van der Waals surface area contributed by atoms with Gasteiger partial charge in [0.25, 0.3) is 0 Å².